The van der Waals surface area contributed by atoms with E-state index in [1.54, 1.807) is 6.20 Å². The van der Waals surface area contributed by atoms with Crippen LogP contribution in [0.1, 0.15) is 5.56 Å². The minimum Gasteiger partial charge on any atom is -0.365 e. The maximum absolute atomic E-state index is 5.14. The van der Waals surface area contributed by atoms with Gasteiger partial charge in [-0.05, 0) is 36.0 Å². The van der Waals surface area contributed by atoms with Crippen molar-refractivity contribution in [1.82, 2.24) is 15.0 Å². The van der Waals surface area contributed by atoms with Gasteiger partial charge in [0, 0.05) is 24.3 Å². The lowest BCUT2D eigenvalue weighted by molar-refractivity contribution is 1.07. The highest BCUT2D eigenvalue weighted by Gasteiger charge is 2.02. The summed E-state index contributed by atoms with van der Waals surface area (Å²) in [7, 11) is 0. The summed E-state index contributed by atoms with van der Waals surface area (Å²) >= 11 is 5.14. The normalized spacial score (nSPS) is 10.5. The average molecular weight is 268 g/mol. The van der Waals surface area contributed by atoms with Crippen molar-refractivity contribution in [3.05, 3.63) is 59.1 Å². The van der Waals surface area contributed by atoms with Crippen molar-refractivity contribution in [2.45, 2.75) is 6.54 Å². The van der Waals surface area contributed by atoms with E-state index in [0.717, 1.165) is 22.3 Å². The largest absolute Gasteiger partial charge is 0.365 e. The molecule has 2 N–H and O–H groups in total. The summed E-state index contributed by atoms with van der Waals surface area (Å²) in [5.74, 6) is 0.795. The van der Waals surface area contributed by atoms with Crippen molar-refractivity contribution in [2.75, 3.05) is 5.32 Å². The van der Waals surface area contributed by atoms with Crippen LogP contribution in [0.2, 0.25) is 0 Å². The van der Waals surface area contributed by atoms with Crippen LogP contribution >= 0.6 is 12.2 Å². The van der Waals surface area contributed by atoms with Crippen molar-refractivity contribution < 1.29 is 0 Å². The molecule has 1 aromatic carbocycles. The van der Waals surface area contributed by atoms with E-state index in [9.17, 15) is 0 Å². The molecule has 0 aliphatic carbocycles. The van der Waals surface area contributed by atoms with E-state index in [1.807, 2.05) is 42.6 Å². The highest BCUT2D eigenvalue weighted by Crippen LogP contribution is 2.19. The Labute approximate surface area is 115 Å². The fourth-order valence-electron chi connectivity index (χ4n) is 1.93. The Balaban J connectivity index is 1.94. The fraction of sp³-hybridized carbons (Fsp3) is 0.0714. The number of rotatable bonds is 3. The predicted molar refractivity (Wildman–Crippen MR) is 78.5 cm³/mol. The van der Waals surface area contributed by atoms with Gasteiger partial charge in [-0.1, -0.05) is 18.2 Å². The first-order valence-corrected chi connectivity index (χ1v) is 6.35. The number of hydrogen-bond donors (Lipinski definition) is 2. The quantitative estimate of drug-likeness (QED) is 0.716. The van der Waals surface area contributed by atoms with Gasteiger partial charge in [0.15, 0.2) is 4.77 Å². The molecule has 0 amide bonds. The molecule has 3 rings (SSSR count). The molecule has 0 bridgehead atoms. The van der Waals surface area contributed by atoms with Crippen molar-refractivity contribution in [3.63, 3.8) is 0 Å². The van der Waals surface area contributed by atoms with E-state index in [0.29, 0.717) is 11.3 Å². The lowest BCUT2D eigenvalue weighted by atomic mass is 10.2. The Morgan fingerprint density at radius 2 is 2.05 bits per heavy atom. The van der Waals surface area contributed by atoms with E-state index in [2.05, 4.69) is 20.3 Å². The highest BCUT2D eigenvalue weighted by molar-refractivity contribution is 7.71. The zero-order chi connectivity index (χ0) is 13.1. The number of para-hydroxylation sites is 1. The minimum atomic E-state index is 0.479. The number of nitrogens with zero attached hydrogens (tertiary/aromatic N) is 2. The number of fused-ring (bicyclic) bond motifs is 1. The van der Waals surface area contributed by atoms with Crippen LogP contribution in [0.4, 0.5) is 5.82 Å². The molecule has 5 heteroatoms. The summed E-state index contributed by atoms with van der Waals surface area (Å²) in [4.78, 5) is 11.5. The molecule has 19 heavy (non-hydrogen) atoms. The molecule has 0 atom stereocenters. The van der Waals surface area contributed by atoms with Gasteiger partial charge in [0.05, 0.1) is 5.52 Å². The average Bonchev–Trinajstić information content (AvgIpc) is 2.45. The number of nitrogens with one attached hydrogen (secondary N) is 2. The number of pyridine rings is 1. The lowest BCUT2D eigenvalue weighted by Crippen LogP contribution is -2.03. The SMILES string of the molecule is S=c1nc(NCc2cccnc2)c2ccccc2[nH]1. The summed E-state index contributed by atoms with van der Waals surface area (Å²) < 4.78 is 0.479. The Kier molecular flexibility index (Phi) is 3.20. The topological polar surface area (TPSA) is 53.6 Å². The van der Waals surface area contributed by atoms with Crippen LogP contribution in [0.3, 0.4) is 0 Å². The van der Waals surface area contributed by atoms with Crippen LogP contribution in [-0.4, -0.2) is 15.0 Å². The first kappa shape index (κ1) is 11.8. The van der Waals surface area contributed by atoms with Crippen LogP contribution in [0.25, 0.3) is 10.9 Å². The molecule has 0 aliphatic rings. The van der Waals surface area contributed by atoms with Gasteiger partial charge in [-0.15, -0.1) is 0 Å². The summed E-state index contributed by atoms with van der Waals surface area (Å²) in [6.45, 7) is 0.670. The second kappa shape index (κ2) is 5.16. The van der Waals surface area contributed by atoms with Crippen molar-refractivity contribution in [1.29, 1.82) is 0 Å². The van der Waals surface area contributed by atoms with Crippen LogP contribution in [0.5, 0.6) is 0 Å². The number of anilines is 1. The standard InChI is InChI=1S/C14H12N4S/c19-14-17-12-6-2-1-5-11(12)13(18-14)16-9-10-4-3-7-15-8-10/h1-8H,9H2,(H2,16,17,18,19). The molecule has 0 saturated carbocycles. The first-order chi connectivity index (χ1) is 9.33. The zero-order valence-electron chi connectivity index (χ0n) is 10.1. The third kappa shape index (κ3) is 2.61. The molecule has 4 nitrogen and oxygen atoms in total. The van der Waals surface area contributed by atoms with Crippen LogP contribution in [0, 0.1) is 4.77 Å². The minimum absolute atomic E-state index is 0.479. The van der Waals surface area contributed by atoms with Crippen LogP contribution < -0.4 is 5.32 Å². The molecule has 0 spiro atoms. The molecular weight excluding hydrogens is 256 g/mol. The van der Waals surface area contributed by atoms with Gasteiger partial charge in [0.1, 0.15) is 5.82 Å². The van der Waals surface area contributed by atoms with E-state index in [1.165, 1.54) is 0 Å². The van der Waals surface area contributed by atoms with E-state index in [4.69, 9.17) is 12.2 Å². The van der Waals surface area contributed by atoms with Gasteiger partial charge in [0.25, 0.3) is 0 Å². The monoisotopic (exact) mass is 268 g/mol. The highest BCUT2D eigenvalue weighted by atomic mass is 32.1. The maximum Gasteiger partial charge on any atom is 0.199 e. The number of benzene rings is 1. The summed E-state index contributed by atoms with van der Waals surface area (Å²) in [5.41, 5.74) is 2.09. The van der Waals surface area contributed by atoms with Gasteiger partial charge in [-0.25, -0.2) is 4.98 Å². The van der Waals surface area contributed by atoms with E-state index < -0.39 is 0 Å². The maximum atomic E-state index is 5.14. The Hall–Kier alpha value is -2.27. The molecule has 2 aromatic heterocycles. The van der Waals surface area contributed by atoms with Crippen molar-refractivity contribution in [2.24, 2.45) is 0 Å². The Bertz CT molecular complexity index is 752. The van der Waals surface area contributed by atoms with Gasteiger partial charge in [-0.3, -0.25) is 4.98 Å². The Morgan fingerprint density at radius 3 is 2.89 bits per heavy atom. The summed E-state index contributed by atoms with van der Waals surface area (Å²) in [5, 5.41) is 4.33. The summed E-state index contributed by atoms with van der Waals surface area (Å²) in [6, 6.07) is 11.9. The number of aromatic amines is 1. The predicted octanol–water partition coefficient (Wildman–Crippen LogP) is 3.30. The molecular formula is C14H12N4S. The molecule has 0 fully saturated rings. The van der Waals surface area contributed by atoms with Gasteiger partial charge in [0.2, 0.25) is 0 Å². The first-order valence-electron chi connectivity index (χ1n) is 5.95. The van der Waals surface area contributed by atoms with Crippen molar-refractivity contribution >= 4 is 28.9 Å². The number of H-pyrrole nitrogens is 1. The molecule has 0 saturated heterocycles. The second-order valence-corrected chi connectivity index (χ2v) is 4.54. The van der Waals surface area contributed by atoms with Gasteiger partial charge < -0.3 is 10.3 Å². The zero-order valence-corrected chi connectivity index (χ0v) is 10.9. The molecule has 3 aromatic rings. The fourth-order valence-corrected chi connectivity index (χ4v) is 2.13. The lowest BCUT2D eigenvalue weighted by Gasteiger charge is -2.08. The van der Waals surface area contributed by atoms with E-state index in [-0.39, 0.29) is 0 Å². The number of aromatic nitrogens is 3. The van der Waals surface area contributed by atoms with Gasteiger partial charge in [-0.2, -0.15) is 0 Å². The smallest absolute Gasteiger partial charge is 0.199 e. The molecule has 0 aliphatic heterocycles. The van der Waals surface area contributed by atoms with Crippen LogP contribution in [-0.2, 0) is 6.54 Å². The molecule has 94 valence electrons. The Morgan fingerprint density at radius 1 is 1.16 bits per heavy atom. The molecule has 0 radical (unpaired) electrons. The number of hydrogen-bond acceptors (Lipinski definition) is 4. The van der Waals surface area contributed by atoms with Gasteiger partial charge >= 0.3 is 0 Å². The van der Waals surface area contributed by atoms with Crippen molar-refractivity contribution in [3.8, 4) is 0 Å². The molecule has 0 unspecified atom stereocenters. The van der Waals surface area contributed by atoms with Crippen LogP contribution in [0.15, 0.2) is 48.8 Å². The third-order valence-electron chi connectivity index (χ3n) is 2.82. The van der Waals surface area contributed by atoms with E-state index >= 15 is 0 Å². The third-order valence-corrected chi connectivity index (χ3v) is 3.01. The second-order valence-electron chi connectivity index (χ2n) is 4.15. The summed E-state index contributed by atoms with van der Waals surface area (Å²) in [6.07, 6.45) is 3.59. The molecule has 2 heterocycles.